The van der Waals surface area contributed by atoms with Crippen LogP contribution in [0.1, 0.15) is 5.56 Å². The van der Waals surface area contributed by atoms with Gasteiger partial charge in [-0.3, -0.25) is 9.36 Å². The molecular formula is C20H23N4O3+. The van der Waals surface area contributed by atoms with Crippen molar-refractivity contribution in [3.8, 4) is 11.6 Å². The minimum absolute atomic E-state index is 0.00611. The first-order valence-corrected chi connectivity index (χ1v) is 8.69. The maximum Gasteiger partial charge on any atom is 0.302 e. The molecule has 7 nitrogen and oxygen atoms in total. The van der Waals surface area contributed by atoms with E-state index in [0.29, 0.717) is 12.4 Å². The van der Waals surface area contributed by atoms with Gasteiger partial charge in [0.05, 0.1) is 19.6 Å². The smallest absolute Gasteiger partial charge is 0.302 e. The number of ether oxygens (including phenoxy) is 1. The standard InChI is InChI=1S/C20H22N4O3/c1-14-8-10-15(11-9-14)27-12-18(25)21-22-19-16-6-4-5-7-17(16)24(20(19)26)13-23(2)3/h4-11,26H,12-13H2,1-3H3/p+1. The van der Waals surface area contributed by atoms with E-state index < -0.39 is 5.91 Å². The monoisotopic (exact) mass is 367 g/mol. The van der Waals surface area contributed by atoms with Gasteiger partial charge in [-0.25, -0.2) is 0 Å². The number of amides is 1. The summed E-state index contributed by atoms with van der Waals surface area (Å²) in [4.78, 5) is 13.1. The van der Waals surface area contributed by atoms with Crippen LogP contribution in [0.5, 0.6) is 11.6 Å². The van der Waals surface area contributed by atoms with E-state index in [1.165, 1.54) is 0 Å². The van der Waals surface area contributed by atoms with Crippen molar-refractivity contribution in [1.29, 1.82) is 0 Å². The minimum Gasteiger partial charge on any atom is -0.493 e. The number of fused-ring (bicyclic) bond motifs is 1. The van der Waals surface area contributed by atoms with E-state index in [-0.39, 0.29) is 18.2 Å². The molecule has 1 aromatic heterocycles. The first-order valence-electron chi connectivity index (χ1n) is 8.69. The largest absolute Gasteiger partial charge is 0.493 e. The highest BCUT2D eigenvalue weighted by Gasteiger charge is 2.18. The summed E-state index contributed by atoms with van der Waals surface area (Å²) in [6.45, 7) is 2.32. The Morgan fingerprint density at radius 1 is 1.15 bits per heavy atom. The zero-order valence-corrected chi connectivity index (χ0v) is 15.6. The van der Waals surface area contributed by atoms with E-state index in [4.69, 9.17) is 4.74 Å². The van der Waals surface area contributed by atoms with Gasteiger partial charge in [0, 0.05) is 5.39 Å². The van der Waals surface area contributed by atoms with Gasteiger partial charge in [-0.2, -0.15) is 0 Å². The summed E-state index contributed by atoms with van der Waals surface area (Å²) in [6, 6.07) is 14.9. The molecule has 2 aromatic carbocycles. The van der Waals surface area contributed by atoms with Crippen LogP contribution in [0.25, 0.3) is 10.9 Å². The molecule has 0 saturated carbocycles. The van der Waals surface area contributed by atoms with Crippen LogP contribution in [-0.4, -0.2) is 36.3 Å². The molecular weight excluding hydrogens is 344 g/mol. The van der Waals surface area contributed by atoms with Crippen molar-refractivity contribution in [2.75, 3.05) is 20.7 Å². The second-order valence-corrected chi connectivity index (χ2v) is 6.68. The number of hydrogen-bond acceptors (Lipinski definition) is 4. The second kappa shape index (κ2) is 8.01. The zero-order chi connectivity index (χ0) is 19.4. The number of benzene rings is 2. The average molecular weight is 367 g/mol. The van der Waals surface area contributed by atoms with Crippen molar-refractivity contribution >= 4 is 22.5 Å². The summed E-state index contributed by atoms with van der Waals surface area (Å²) < 4.78 is 7.17. The highest BCUT2D eigenvalue weighted by Crippen LogP contribution is 2.38. The molecule has 0 aliphatic carbocycles. The molecule has 1 heterocycles. The van der Waals surface area contributed by atoms with Gasteiger partial charge in [0.25, 0.3) is 0 Å². The molecule has 27 heavy (non-hydrogen) atoms. The summed E-state index contributed by atoms with van der Waals surface area (Å²) in [5.74, 6) is 0.0657. The van der Waals surface area contributed by atoms with Crippen LogP contribution in [0.15, 0.2) is 58.8 Å². The van der Waals surface area contributed by atoms with Gasteiger partial charge in [-0.15, -0.1) is 10.2 Å². The van der Waals surface area contributed by atoms with Crippen LogP contribution in [-0.2, 0) is 11.5 Å². The Balaban J connectivity index is 1.78. The quantitative estimate of drug-likeness (QED) is 0.657. The summed E-state index contributed by atoms with van der Waals surface area (Å²) in [5.41, 5.74) is 2.24. The Morgan fingerprint density at radius 2 is 1.85 bits per heavy atom. The van der Waals surface area contributed by atoms with Crippen LogP contribution in [0, 0.1) is 6.92 Å². The fourth-order valence-corrected chi connectivity index (χ4v) is 2.76. The zero-order valence-electron chi connectivity index (χ0n) is 15.6. The topological polar surface area (TPSA) is 80.6 Å². The number of nitrogens with one attached hydrogen (secondary N) is 1. The molecule has 0 bridgehead atoms. The highest BCUT2D eigenvalue weighted by molar-refractivity contribution is 5.95. The molecule has 3 aromatic rings. The molecule has 2 N–H and O–H groups in total. The maximum atomic E-state index is 12.0. The number of carbonyl (C=O) groups excluding carboxylic acids is 1. The molecule has 3 rings (SSSR count). The van der Waals surface area contributed by atoms with Crippen LogP contribution in [0.4, 0.5) is 5.69 Å². The second-order valence-electron chi connectivity index (χ2n) is 6.68. The third-order valence-electron chi connectivity index (χ3n) is 4.04. The van der Waals surface area contributed by atoms with Crippen LogP contribution >= 0.6 is 0 Å². The molecule has 7 heteroatoms. The third-order valence-corrected chi connectivity index (χ3v) is 4.04. The van der Waals surface area contributed by atoms with Gasteiger partial charge in [-0.1, -0.05) is 35.9 Å². The molecule has 0 spiro atoms. The molecule has 0 aliphatic heterocycles. The lowest BCUT2D eigenvalue weighted by Gasteiger charge is -2.10. The molecule has 1 amide bonds. The van der Waals surface area contributed by atoms with Gasteiger partial charge in [-0.05, 0) is 25.1 Å². The number of aromatic nitrogens is 1. The molecule has 0 atom stereocenters. The minimum atomic E-state index is -0.523. The fourth-order valence-electron chi connectivity index (χ4n) is 2.76. The lowest BCUT2D eigenvalue weighted by Crippen LogP contribution is -3.04. The van der Waals surface area contributed by atoms with Crippen molar-refractivity contribution in [1.82, 2.24) is 4.57 Å². The van der Waals surface area contributed by atoms with E-state index in [1.807, 2.05) is 57.4 Å². The Kier molecular flexibility index (Phi) is 5.52. The molecule has 0 fully saturated rings. The predicted octanol–water partition coefficient (Wildman–Crippen LogP) is 2.45. The molecule has 0 saturated heterocycles. The van der Waals surface area contributed by atoms with Gasteiger partial charge < -0.3 is 14.7 Å². The third kappa shape index (κ3) is 4.32. The number of carbonyl (C=O) groups is 1. The lowest BCUT2D eigenvalue weighted by molar-refractivity contribution is -0.882. The lowest BCUT2D eigenvalue weighted by atomic mass is 10.2. The van der Waals surface area contributed by atoms with Crippen molar-refractivity contribution in [3.63, 3.8) is 0 Å². The van der Waals surface area contributed by atoms with Crippen molar-refractivity contribution in [2.45, 2.75) is 13.6 Å². The number of aromatic hydroxyl groups is 1. The van der Waals surface area contributed by atoms with Gasteiger partial charge in [0.2, 0.25) is 5.88 Å². The van der Waals surface area contributed by atoms with E-state index in [9.17, 15) is 9.90 Å². The van der Waals surface area contributed by atoms with Crippen LogP contribution < -0.4 is 9.64 Å². The maximum absolute atomic E-state index is 12.0. The number of azo groups is 1. The fraction of sp³-hybridized carbons (Fsp3) is 0.250. The summed E-state index contributed by atoms with van der Waals surface area (Å²) in [5, 5.41) is 19.0. The predicted molar refractivity (Wildman–Crippen MR) is 103 cm³/mol. The van der Waals surface area contributed by atoms with E-state index in [2.05, 4.69) is 10.2 Å². The normalized spacial score (nSPS) is 11.6. The van der Waals surface area contributed by atoms with Crippen LogP contribution in [0.2, 0.25) is 0 Å². The number of rotatable bonds is 6. The van der Waals surface area contributed by atoms with Gasteiger partial charge in [0.15, 0.2) is 19.0 Å². The number of hydrogen-bond donors (Lipinski definition) is 2. The van der Waals surface area contributed by atoms with E-state index in [0.717, 1.165) is 21.4 Å². The SMILES string of the molecule is Cc1ccc(OCC(=O)N=Nc2c(O)n(C[NH+](C)C)c3ccccc23)cc1. The number of aryl methyl sites for hydroxylation is 1. The average Bonchev–Trinajstić information content (AvgIpc) is 2.91. The molecule has 140 valence electrons. The first-order chi connectivity index (χ1) is 13.0. The van der Waals surface area contributed by atoms with E-state index >= 15 is 0 Å². The molecule has 0 radical (unpaired) electrons. The Morgan fingerprint density at radius 3 is 2.56 bits per heavy atom. The Labute approximate surface area is 157 Å². The Bertz CT molecular complexity index is 975. The summed E-state index contributed by atoms with van der Waals surface area (Å²) in [7, 11) is 3.97. The number of quaternary nitrogens is 1. The molecule has 0 aliphatic rings. The Hall–Kier alpha value is -3.19. The highest BCUT2D eigenvalue weighted by atomic mass is 16.5. The summed E-state index contributed by atoms with van der Waals surface area (Å²) in [6.07, 6.45) is 0. The van der Waals surface area contributed by atoms with Crippen molar-refractivity contribution in [2.24, 2.45) is 10.2 Å². The van der Waals surface area contributed by atoms with Crippen LogP contribution in [0.3, 0.4) is 0 Å². The van der Waals surface area contributed by atoms with Gasteiger partial charge in [0.1, 0.15) is 5.75 Å². The van der Waals surface area contributed by atoms with Crippen molar-refractivity contribution in [3.05, 3.63) is 54.1 Å². The van der Waals surface area contributed by atoms with Gasteiger partial charge >= 0.3 is 5.91 Å². The van der Waals surface area contributed by atoms with E-state index in [1.54, 1.807) is 16.7 Å². The number of para-hydroxylation sites is 1. The van der Waals surface area contributed by atoms with Crippen molar-refractivity contribution < 1.29 is 19.5 Å². The first kappa shape index (κ1) is 18.6. The molecule has 0 unspecified atom stereocenters. The summed E-state index contributed by atoms with van der Waals surface area (Å²) >= 11 is 0. The number of nitrogens with zero attached hydrogens (tertiary/aromatic N) is 3.